The topological polar surface area (TPSA) is 65.6 Å². The average molecular weight is 327 g/mol. The third kappa shape index (κ3) is 3.00. The average Bonchev–Trinajstić information content (AvgIpc) is 3.23. The molecule has 0 aliphatic carbocycles. The molecule has 0 aliphatic heterocycles. The lowest BCUT2D eigenvalue weighted by atomic mass is 10.1. The van der Waals surface area contributed by atoms with Crippen molar-refractivity contribution in [3.05, 3.63) is 53.2 Å². The van der Waals surface area contributed by atoms with E-state index in [9.17, 15) is 4.79 Å². The van der Waals surface area contributed by atoms with Crippen LogP contribution in [0.15, 0.2) is 36.2 Å². The number of hydrogen-bond acceptors (Lipinski definition) is 5. The number of Topliss-reactive ketones (excluding diaryl/α,β-unsaturated/α-hetero) is 1. The predicted octanol–water partition coefficient (Wildman–Crippen LogP) is 2.89. The summed E-state index contributed by atoms with van der Waals surface area (Å²) in [5.41, 5.74) is 2.67. The van der Waals surface area contributed by atoms with Crippen LogP contribution in [0.1, 0.15) is 21.7 Å². The van der Waals surface area contributed by atoms with Gasteiger partial charge >= 0.3 is 0 Å². The van der Waals surface area contributed by atoms with Crippen molar-refractivity contribution < 1.29 is 4.79 Å². The summed E-state index contributed by atoms with van der Waals surface area (Å²) in [5.74, 6) is 0.522. The summed E-state index contributed by atoms with van der Waals surface area (Å²) in [6, 6.07) is 5.76. The molecule has 0 saturated heterocycles. The van der Waals surface area contributed by atoms with Crippen molar-refractivity contribution in [1.82, 2.24) is 24.8 Å². The highest BCUT2D eigenvalue weighted by Crippen LogP contribution is 2.20. The van der Waals surface area contributed by atoms with Gasteiger partial charge in [-0.15, -0.1) is 28.1 Å². The Kier molecular flexibility index (Phi) is 4.20. The molecule has 7 heteroatoms. The van der Waals surface area contributed by atoms with E-state index >= 15 is 0 Å². The highest BCUT2D eigenvalue weighted by atomic mass is 32.1. The van der Waals surface area contributed by atoms with Crippen molar-refractivity contribution >= 4 is 17.1 Å². The molecule has 0 spiro atoms. The van der Waals surface area contributed by atoms with Gasteiger partial charge in [0.15, 0.2) is 5.78 Å². The zero-order valence-corrected chi connectivity index (χ0v) is 13.9. The van der Waals surface area contributed by atoms with Gasteiger partial charge < -0.3 is 4.57 Å². The maximum absolute atomic E-state index is 12.5. The molecule has 0 aromatic carbocycles. The molecule has 0 aliphatic rings. The third-order valence-electron chi connectivity index (χ3n) is 3.67. The van der Waals surface area contributed by atoms with Gasteiger partial charge in [-0.2, -0.15) is 4.80 Å². The monoisotopic (exact) mass is 327 g/mol. The zero-order valence-electron chi connectivity index (χ0n) is 13.1. The lowest BCUT2D eigenvalue weighted by Crippen LogP contribution is -2.14. The second-order valence-corrected chi connectivity index (χ2v) is 6.18. The first-order valence-electron chi connectivity index (χ1n) is 7.22. The van der Waals surface area contributed by atoms with Crippen LogP contribution in [-0.4, -0.2) is 30.6 Å². The molecule has 3 aromatic heterocycles. The van der Waals surface area contributed by atoms with Crippen LogP contribution >= 0.6 is 11.3 Å². The van der Waals surface area contributed by atoms with Crippen molar-refractivity contribution in [2.24, 2.45) is 0 Å². The summed E-state index contributed by atoms with van der Waals surface area (Å²) >= 11 is 1.54. The Morgan fingerprint density at radius 3 is 2.96 bits per heavy atom. The van der Waals surface area contributed by atoms with Crippen LogP contribution in [-0.2, 0) is 13.1 Å². The molecule has 0 N–H and O–H groups in total. The van der Waals surface area contributed by atoms with E-state index in [1.165, 1.54) is 4.80 Å². The van der Waals surface area contributed by atoms with E-state index < -0.39 is 0 Å². The van der Waals surface area contributed by atoms with E-state index in [0.29, 0.717) is 17.9 Å². The third-order valence-corrected chi connectivity index (χ3v) is 4.53. The van der Waals surface area contributed by atoms with Crippen LogP contribution < -0.4 is 0 Å². The van der Waals surface area contributed by atoms with Crippen LogP contribution in [0.3, 0.4) is 0 Å². The van der Waals surface area contributed by atoms with Gasteiger partial charge in [0, 0.05) is 23.5 Å². The highest BCUT2D eigenvalue weighted by Gasteiger charge is 2.17. The molecule has 3 heterocycles. The van der Waals surface area contributed by atoms with E-state index in [-0.39, 0.29) is 12.3 Å². The lowest BCUT2D eigenvalue weighted by molar-refractivity contribution is 0.0960. The zero-order chi connectivity index (χ0) is 16.4. The first-order valence-corrected chi connectivity index (χ1v) is 8.10. The summed E-state index contributed by atoms with van der Waals surface area (Å²) in [4.78, 5) is 14.8. The van der Waals surface area contributed by atoms with E-state index in [4.69, 9.17) is 0 Å². The molecule has 0 unspecified atom stereocenters. The number of ketones is 1. The molecule has 0 atom stereocenters. The van der Waals surface area contributed by atoms with Crippen LogP contribution in [0.2, 0.25) is 0 Å². The summed E-state index contributed by atoms with van der Waals surface area (Å²) in [6.07, 6.45) is 1.82. The molecule has 0 amide bonds. The van der Waals surface area contributed by atoms with Crippen LogP contribution in [0, 0.1) is 13.8 Å². The summed E-state index contributed by atoms with van der Waals surface area (Å²) in [6.45, 7) is 8.44. The van der Waals surface area contributed by atoms with Gasteiger partial charge in [0.2, 0.25) is 5.82 Å². The van der Waals surface area contributed by atoms with Gasteiger partial charge in [-0.25, -0.2) is 0 Å². The molecular formula is C16H17N5OS. The van der Waals surface area contributed by atoms with Gasteiger partial charge in [-0.05, 0) is 36.6 Å². The minimum Gasteiger partial charge on any atom is -0.345 e. The fraction of sp³-hybridized carbons (Fsp3) is 0.250. The molecule has 0 saturated carbocycles. The number of tetrazole rings is 1. The highest BCUT2D eigenvalue weighted by molar-refractivity contribution is 7.13. The SMILES string of the molecule is C=CCn1c(C)cc(C(=O)Cn2nnc(-c3cccs3)n2)c1C. The standard InChI is InChI=1S/C16H17N5OS/c1-4-7-20-11(2)9-13(12(20)3)14(22)10-21-18-16(17-19-21)15-6-5-8-23-15/h4-6,8-9H,1,7,10H2,2-3H3. The number of aryl methyl sites for hydroxylation is 1. The number of carbonyl (C=O) groups excluding carboxylic acids is 1. The van der Waals surface area contributed by atoms with E-state index in [1.54, 1.807) is 11.3 Å². The summed E-state index contributed by atoms with van der Waals surface area (Å²) < 4.78 is 2.06. The lowest BCUT2D eigenvalue weighted by Gasteiger charge is -2.06. The molecule has 23 heavy (non-hydrogen) atoms. The smallest absolute Gasteiger partial charge is 0.214 e. The number of thiophene rings is 1. The molecule has 0 radical (unpaired) electrons. The van der Waals surface area contributed by atoms with Crippen molar-refractivity contribution in [1.29, 1.82) is 0 Å². The fourth-order valence-electron chi connectivity index (χ4n) is 2.52. The van der Waals surface area contributed by atoms with E-state index in [1.807, 2.05) is 43.5 Å². The van der Waals surface area contributed by atoms with E-state index in [2.05, 4.69) is 26.6 Å². The Morgan fingerprint density at radius 1 is 1.43 bits per heavy atom. The van der Waals surface area contributed by atoms with Gasteiger partial charge in [0.25, 0.3) is 0 Å². The normalized spacial score (nSPS) is 10.9. The van der Waals surface area contributed by atoms with Crippen LogP contribution in [0.25, 0.3) is 10.7 Å². The van der Waals surface area contributed by atoms with E-state index in [0.717, 1.165) is 16.3 Å². The number of carbonyl (C=O) groups is 1. The number of hydrogen-bond donors (Lipinski definition) is 0. The largest absolute Gasteiger partial charge is 0.345 e. The van der Waals surface area contributed by atoms with Crippen molar-refractivity contribution in [2.75, 3.05) is 0 Å². The van der Waals surface area contributed by atoms with Crippen molar-refractivity contribution in [3.63, 3.8) is 0 Å². The predicted molar refractivity (Wildman–Crippen MR) is 89.6 cm³/mol. The molecule has 3 aromatic rings. The molecule has 3 rings (SSSR count). The maximum Gasteiger partial charge on any atom is 0.214 e. The first-order chi connectivity index (χ1) is 11.1. The van der Waals surface area contributed by atoms with Crippen molar-refractivity contribution in [3.8, 4) is 10.7 Å². The Balaban J connectivity index is 1.80. The van der Waals surface area contributed by atoms with Gasteiger partial charge in [0.1, 0.15) is 6.54 Å². The van der Waals surface area contributed by atoms with Gasteiger partial charge in [0.05, 0.1) is 4.88 Å². The molecule has 0 fully saturated rings. The summed E-state index contributed by atoms with van der Waals surface area (Å²) in [5, 5.41) is 14.2. The second kappa shape index (κ2) is 6.29. The first kappa shape index (κ1) is 15.4. The maximum atomic E-state index is 12.5. The molecular weight excluding hydrogens is 310 g/mol. The number of allylic oxidation sites excluding steroid dienone is 1. The minimum absolute atomic E-state index is 0.0245. The number of nitrogens with zero attached hydrogens (tertiary/aromatic N) is 5. The second-order valence-electron chi connectivity index (χ2n) is 5.23. The van der Waals surface area contributed by atoms with Crippen molar-refractivity contribution in [2.45, 2.75) is 26.9 Å². The molecule has 6 nitrogen and oxygen atoms in total. The fourth-order valence-corrected chi connectivity index (χ4v) is 3.17. The van der Waals surface area contributed by atoms with Crippen LogP contribution in [0.4, 0.5) is 0 Å². The summed E-state index contributed by atoms with van der Waals surface area (Å²) in [7, 11) is 0. The number of rotatable bonds is 6. The molecule has 118 valence electrons. The van der Waals surface area contributed by atoms with Gasteiger partial charge in [-0.3, -0.25) is 4.79 Å². The Labute approximate surface area is 138 Å². The molecule has 0 bridgehead atoms. The minimum atomic E-state index is -0.0245. The van der Waals surface area contributed by atoms with Crippen LogP contribution in [0.5, 0.6) is 0 Å². The quantitative estimate of drug-likeness (QED) is 0.516. The Morgan fingerprint density at radius 2 is 2.26 bits per heavy atom. The number of aromatic nitrogens is 5. The Hall–Kier alpha value is -2.54. The van der Waals surface area contributed by atoms with Gasteiger partial charge in [-0.1, -0.05) is 12.1 Å². The Bertz CT molecular complexity index is 844.